The molecule has 0 amide bonds. The van der Waals surface area contributed by atoms with Crippen molar-refractivity contribution < 1.29 is 13.2 Å². The number of benzene rings is 1. The summed E-state index contributed by atoms with van der Waals surface area (Å²) in [6, 6.07) is 8.22. The van der Waals surface area contributed by atoms with E-state index < -0.39 is 11.9 Å². The lowest BCUT2D eigenvalue weighted by molar-refractivity contribution is -0.141. The van der Waals surface area contributed by atoms with Crippen molar-refractivity contribution in [2.24, 2.45) is 4.99 Å². The van der Waals surface area contributed by atoms with E-state index in [9.17, 15) is 13.2 Å². The first kappa shape index (κ1) is 19.8. The maximum absolute atomic E-state index is 12.6. The summed E-state index contributed by atoms with van der Waals surface area (Å²) in [4.78, 5) is 11.3. The molecule has 0 radical (unpaired) electrons. The predicted octanol–water partition coefficient (Wildman–Crippen LogP) is 2.93. The Hall–Kier alpha value is -2.55. The molecule has 0 fully saturated rings. The molecule has 1 aromatic carbocycles. The van der Waals surface area contributed by atoms with Crippen molar-refractivity contribution in [3.63, 3.8) is 0 Å². The molecule has 0 atom stereocenters. The molecule has 2 rings (SSSR count). The molecule has 10 heteroatoms. The molecule has 0 saturated carbocycles. The minimum Gasteiger partial charge on any atom is -0.355 e. The molecule has 2 aromatic rings. The maximum atomic E-state index is 12.6. The fourth-order valence-electron chi connectivity index (χ4n) is 1.97. The smallest absolute Gasteiger partial charge is 0.355 e. The molecule has 0 unspecified atom stereocenters. The van der Waals surface area contributed by atoms with Gasteiger partial charge in [-0.15, -0.1) is 0 Å². The zero-order chi connectivity index (χ0) is 19.0. The van der Waals surface area contributed by atoms with E-state index in [2.05, 4.69) is 30.9 Å². The van der Waals surface area contributed by atoms with Crippen LogP contribution in [0.1, 0.15) is 11.3 Å². The van der Waals surface area contributed by atoms with Crippen LogP contribution in [-0.2, 0) is 12.7 Å². The predicted molar refractivity (Wildman–Crippen MR) is 95.2 cm³/mol. The number of alkyl halides is 3. The van der Waals surface area contributed by atoms with Gasteiger partial charge in [-0.05, 0) is 23.8 Å². The van der Waals surface area contributed by atoms with Gasteiger partial charge in [0, 0.05) is 37.9 Å². The lowest BCUT2D eigenvalue weighted by Crippen LogP contribution is -2.39. The van der Waals surface area contributed by atoms with E-state index >= 15 is 0 Å². The van der Waals surface area contributed by atoms with E-state index in [0.717, 1.165) is 17.8 Å². The molecule has 140 valence electrons. The quantitative estimate of drug-likeness (QED) is 0.404. The third-order valence-corrected chi connectivity index (χ3v) is 3.50. The largest absolute Gasteiger partial charge is 0.433 e. The van der Waals surface area contributed by atoms with Crippen LogP contribution in [-0.4, -0.2) is 36.1 Å². The van der Waals surface area contributed by atoms with Gasteiger partial charge in [0.25, 0.3) is 0 Å². The maximum Gasteiger partial charge on any atom is 0.433 e. The van der Waals surface area contributed by atoms with E-state index in [1.165, 1.54) is 0 Å². The highest BCUT2D eigenvalue weighted by atomic mass is 35.5. The second-order valence-corrected chi connectivity index (χ2v) is 5.61. The minimum atomic E-state index is -4.49. The van der Waals surface area contributed by atoms with Gasteiger partial charge in [0.2, 0.25) is 5.95 Å². The third kappa shape index (κ3) is 6.40. The van der Waals surface area contributed by atoms with Gasteiger partial charge in [-0.2, -0.15) is 13.2 Å². The number of nitrogens with one attached hydrogen (secondary N) is 3. The Labute approximate surface area is 153 Å². The highest BCUT2D eigenvalue weighted by Gasteiger charge is 2.32. The van der Waals surface area contributed by atoms with Gasteiger partial charge in [0.15, 0.2) is 5.96 Å². The first-order chi connectivity index (χ1) is 12.4. The average molecular weight is 387 g/mol. The topological polar surface area (TPSA) is 74.2 Å². The van der Waals surface area contributed by atoms with Crippen molar-refractivity contribution in [3.05, 3.63) is 52.8 Å². The molecule has 6 nitrogen and oxygen atoms in total. The first-order valence-electron chi connectivity index (χ1n) is 7.71. The molecule has 0 aliphatic carbocycles. The van der Waals surface area contributed by atoms with Crippen molar-refractivity contribution >= 4 is 23.5 Å². The Morgan fingerprint density at radius 1 is 1.12 bits per heavy atom. The van der Waals surface area contributed by atoms with E-state index in [0.29, 0.717) is 30.6 Å². The molecule has 1 aromatic heterocycles. The van der Waals surface area contributed by atoms with Crippen LogP contribution in [0.4, 0.5) is 19.1 Å². The summed E-state index contributed by atoms with van der Waals surface area (Å²) >= 11 is 5.84. The van der Waals surface area contributed by atoms with Gasteiger partial charge in [-0.3, -0.25) is 4.99 Å². The SMILES string of the molecule is CN=C(NCCNc1nccc(C(F)(F)F)n1)NCc1ccc(Cl)cc1. The van der Waals surface area contributed by atoms with Gasteiger partial charge in [-0.1, -0.05) is 23.7 Å². The molecule has 3 N–H and O–H groups in total. The van der Waals surface area contributed by atoms with E-state index in [-0.39, 0.29) is 5.95 Å². The Morgan fingerprint density at radius 3 is 2.50 bits per heavy atom. The van der Waals surface area contributed by atoms with Crippen molar-refractivity contribution in [2.75, 3.05) is 25.5 Å². The third-order valence-electron chi connectivity index (χ3n) is 3.24. The number of anilines is 1. The van der Waals surface area contributed by atoms with E-state index in [4.69, 9.17) is 11.6 Å². The minimum absolute atomic E-state index is 0.0780. The van der Waals surface area contributed by atoms with Crippen LogP contribution in [0.25, 0.3) is 0 Å². The number of guanidine groups is 1. The lowest BCUT2D eigenvalue weighted by Gasteiger charge is -2.13. The number of halogens is 4. The monoisotopic (exact) mass is 386 g/mol. The van der Waals surface area contributed by atoms with Gasteiger partial charge in [-0.25, -0.2) is 9.97 Å². The van der Waals surface area contributed by atoms with Gasteiger partial charge < -0.3 is 16.0 Å². The number of rotatable bonds is 6. The van der Waals surface area contributed by atoms with E-state index in [1.807, 2.05) is 12.1 Å². The highest BCUT2D eigenvalue weighted by molar-refractivity contribution is 6.30. The Kier molecular flexibility index (Phi) is 7.02. The molecule has 0 aliphatic heterocycles. The number of aromatic nitrogens is 2. The standard InChI is InChI=1S/C16H18ClF3N6/c1-21-14(25-10-11-2-4-12(17)5-3-11)23-8-9-24-15-22-7-6-13(26-15)16(18,19)20/h2-7H,8-10H2,1H3,(H2,21,23,25)(H,22,24,26). The Balaban J connectivity index is 1.75. The average Bonchev–Trinajstić information content (AvgIpc) is 2.62. The van der Waals surface area contributed by atoms with Crippen LogP contribution in [0.3, 0.4) is 0 Å². The van der Waals surface area contributed by atoms with Crippen LogP contribution in [0.15, 0.2) is 41.5 Å². The number of hydrogen-bond acceptors (Lipinski definition) is 4. The van der Waals surface area contributed by atoms with Crippen molar-refractivity contribution in [3.8, 4) is 0 Å². The fraction of sp³-hybridized carbons (Fsp3) is 0.312. The number of aliphatic imine (C=N–C) groups is 1. The van der Waals surface area contributed by atoms with Gasteiger partial charge in [0.1, 0.15) is 5.69 Å². The summed E-state index contributed by atoms with van der Waals surface area (Å²) in [7, 11) is 1.63. The molecule has 0 saturated heterocycles. The summed E-state index contributed by atoms with van der Waals surface area (Å²) in [6.07, 6.45) is -3.43. The van der Waals surface area contributed by atoms with E-state index in [1.54, 1.807) is 19.2 Å². The van der Waals surface area contributed by atoms with Crippen molar-refractivity contribution in [2.45, 2.75) is 12.7 Å². The fourth-order valence-corrected chi connectivity index (χ4v) is 2.09. The summed E-state index contributed by atoms with van der Waals surface area (Å²) in [6.45, 7) is 1.30. The lowest BCUT2D eigenvalue weighted by atomic mass is 10.2. The van der Waals surface area contributed by atoms with Crippen molar-refractivity contribution in [1.82, 2.24) is 20.6 Å². The molecule has 0 spiro atoms. The molecular formula is C16H18ClF3N6. The summed E-state index contributed by atoms with van der Waals surface area (Å²) in [5, 5.41) is 9.56. The zero-order valence-corrected chi connectivity index (χ0v) is 14.7. The van der Waals surface area contributed by atoms with Crippen LogP contribution in [0, 0.1) is 0 Å². The van der Waals surface area contributed by atoms with Crippen LogP contribution in [0.5, 0.6) is 0 Å². The van der Waals surface area contributed by atoms with Crippen LogP contribution < -0.4 is 16.0 Å². The molecule has 1 heterocycles. The molecular weight excluding hydrogens is 369 g/mol. The zero-order valence-electron chi connectivity index (χ0n) is 13.9. The normalized spacial score (nSPS) is 12.0. The highest BCUT2D eigenvalue weighted by Crippen LogP contribution is 2.27. The van der Waals surface area contributed by atoms with Gasteiger partial charge in [0.05, 0.1) is 0 Å². The van der Waals surface area contributed by atoms with Crippen LogP contribution in [0.2, 0.25) is 5.02 Å². The second kappa shape index (κ2) is 9.23. The number of hydrogen-bond donors (Lipinski definition) is 3. The van der Waals surface area contributed by atoms with Crippen molar-refractivity contribution in [1.29, 1.82) is 0 Å². The summed E-state index contributed by atoms with van der Waals surface area (Å²) in [5.41, 5.74) is 0.0521. The summed E-state index contributed by atoms with van der Waals surface area (Å²) < 4.78 is 37.8. The van der Waals surface area contributed by atoms with Crippen LogP contribution >= 0.6 is 11.6 Å². The molecule has 0 aliphatic rings. The molecule has 26 heavy (non-hydrogen) atoms. The Morgan fingerprint density at radius 2 is 1.85 bits per heavy atom. The summed E-state index contributed by atoms with van der Waals surface area (Å²) in [5.74, 6) is 0.484. The second-order valence-electron chi connectivity index (χ2n) is 5.17. The molecule has 0 bridgehead atoms. The number of nitrogens with zero attached hydrogens (tertiary/aromatic N) is 3. The van der Waals surface area contributed by atoms with Gasteiger partial charge >= 0.3 is 6.18 Å². The Bertz CT molecular complexity index is 734. The first-order valence-corrected chi connectivity index (χ1v) is 8.09.